The number of halogens is 10. The smallest absolute Gasteiger partial charge is 1.00 e. The SMILES string of the molecule is CO.CO.COC(=O)C1C(c2ccc(I)cc2)CC2CCC1N2CCCF.COC(=O)C1C(c2ccccc2)CC2CCC1N2CCCF.CS(=O)OOO.II.N#CC1=CCC2CCC1N2CCCF.N#CC1C(c2ccccc2)CC2CCC1N2CCCF.N#CC1C(c2ccccc2)CC2CCC1N2CCCF.N#CC1C=CC=CC=C1.NCCCF.[Br-].[Mg+2].[Na+].[OH-].[c-]1ccccc1. The fourth-order valence-electron chi connectivity index (χ4n) is 20.8. The molecule has 5 aromatic carbocycles. The molecule has 0 saturated carbocycles. The van der Waals surface area contributed by atoms with Crippen LogP contribution in [-0.2, 0) is 39.5 Å². The predicted molar refractivity (Wildman–Crippen MR) is 538 cm³/mol. The molecule has 9 saturated heterocycles. The second-order valence-corrected chi connectivity index (χ2v) is 35.4. The number of alkyl halides is 6. The van der Waals surface area contributed by atoms with Gasteiger partial charge in [-0.15, -0.1) is 4.33 Å². The van der Waals surface area contributed by atoms with Gasteiger partial charge in [-0.3, -0.25) is 60.4 Å². The van der Waals surface area contributed by atoms with Crippen molar-refractivity contribution in [3.63, 3.8) is 0 Å². The standard InChI is InChI=1S/C18H23FINO2.C18H24FNO2.2C17H21FN2.C11H15FN2.C8H7N.C6H5.C3H8FN.CH4O4S.2CH4O.BrH.I2.Mg.Na.H2O/c1-23-18(22)17-15(12-3-5-13(20)6-4-12)11-14-7-8-16(17)21(14)10-2-9-19;1-22-18(21)17-15(13-6-3-2-4-7-13)12-14-8-9-16(17)20(14)11-5-10-19;2*18-9-4-10-20-14-7-8-17(20)16(12-19)15(11-14)13-5-2-1-3-6-13;12-6-1-7-14-10-3-2-9(8-13)11(14)5-4-10;9-7-8-5-3-1-2-4-6-8;1-2-4-6-5-3-1;4-2-1-3-5;1-6(3)5-4-2;2*1-2;;1-2;;;/h3-6,14-17H,2,7-11H2,1H3;2-4,6-7,14-17H,5,8-12H2,1H3;2*1-3,5-6,14-17H,4,7-11H2;2,10-11H,1,3-7H2;1-6,8H;1-5H;1-3,5H2;2H,1H3;2*2H,1H3;1H;;;;1H2/q;;;;;;-1;;;;;;;+2;+1;/p-2. The fourth-order valence-corrected chi connectivity index (χ4v) is 21.2. The molecule has 736 valence electrons. The van der Waals surface area contributed by atoms with Gasteiger partial charge in [-0.1, -0.05) is 151 Å². The molecule has 0 aromatic heterocycles. The molecule has 6 N–H and O–H groups in total. The molecule has 135 heavy (non-hydrogen) atoms. The molecule has 10 aliphatic heterocycles. The Morgan fingerprint density at radius 2 is 0.815 bits per heavy atom. The van der Waals surface area contributed by atoms with E-state index < -0.39 is 11.1 Å². The number of rotatable bonds is 25. The third-order valence-electron chi connectivity index (χ3n) is 26.2. The number of allylic oxidation sites excluding steroid dienone is 6. The molecular weight excluding hydrogens is 2180 g/mol. The second kappa shape index (κ2) is 76.3. The number of hydrogen-bond acceptors (Lipinski definition) is 21. The minimum atomic E-state index is -1.54. The van der Waals surface area contributed by atoms with Gasteiger partial charge in [-0.05, 0) is 198 Å². The molecule has 34 heteroatoms. The van der Waals surface area contributed by atoms with Crippen molar-refractivity contribution in [1.29, 1.82) is 21.0 Å². The van der Waals surface area contributed by atoms with Crippen LogP contribution in [0.3, 0.4) is 0 Å². The van der Waals surface area contributed by atoms with Crippen LogP contribution in [0.4, 0.5) is 26.3 Å². The number of benzene rings is 5. The van der Waals surface area contributed by atoms with Crippen LogP contribution in [0.1, 0.15) is 181 Å². The molecule has 19 atom stereocenters. The minimum Gasteiger partial charge on any atom is -1.00 e. The van der Waals surface area contributed by atoms with Crippen molar-refractivity contribution in [3.05, 3.63) is 226 Å². The van der Waals surface area contributed by atoms with Crippen molar-refractivity contribution in [2.45, 2.75) is 219 Å². The molecular formula is C101H137BrF6I3MgN10NaO11S. The van der Waals surface area contributed by atoms with Crippen LogP contribution in [-0.4, -0.2) is 259 Å². The zero-order valence-corrected chi connectivity index (χ0v) is 91.1. The number of aliphatic hydroxyl groups is 2. The molecule has 0 amide bonds. The number of carbonyl (C=O) groups is 2. The normalized spacial score (nSPS) is 25.9. The first-order chi connectivity index (χ1) is 64.1. The van der Waals surface area contributed by atoms with E-state index in [4.69, 9.17) is 41.2 Å². The summed E-state index contributed by atoms with van der Waals surface area (Å²) >= 11 is 5.00. The fraction of sp³-hybridized carbons (Fsp3) is 0.564. The number of piperidine rings is 4. The average Bonchev–Trinajstić information content (AvgIpc) is 1.63. The van der Waals surface area contributed by atoms with E-state index in [0.717, 1.165) is 130 Å². The zero-order valence-electron chi connectivity index (χ0n) is 78.8. The number of ether oxygens (including phenoxy) is 2. The summed E-state index contributed by atoms with van der Waals surface area (Å²) in [5.74, 6) is 0.663. The molecule has 10 bridgehead atoms. The van der Waals surface area contributed by atoms with Crippen LogP contribution in [0.2, 0.25) is 0 Å². The van der Waals surface area contributed by atoms with E-state index in [1.807, 2.05) is 97.1 Å². The topological polar surface area (TPSA) is 316 Å². The minimum absolute atomic E-state index is 0. The molecule has 19 unspecified atom stereocenters. The Morgan fingerprint density at radius 1 is 0.481 bits per heavy atom. The number of nitrogens with zero attached hydrogens (tertiary/aromatic N) is 9. The van der Waals surface area contributed by atoms with Crippen molar-refractivity contribution in [3.8, 4) is 24.3 Å². The third-order valence-corrected chi connectivity index (χ3v) is 27.1. The first kappa shape index (κ1) is 129. The molecule has 5 aromatic rings. The Morgan fingerprint density at radius 3 is 1.11 bits per heavy atom. The number of esters is 2. The maximum Gasteiger partial charge on any atom is 2.00 e. The summed E-state index contributed by atoms with van der Waals surface area (Å²) in [6.45, 7) is 2.78. The van der Waals surface area contributed by atoms with Crippen LogP contribution in [0.15, 0.2) is 194 Å². The Balaban J connectivity index is 0.000000778. The van der Waals surface area contributed by atoms with Gasteiger partial charge in [0.05, 0.1) is 108 Å². The van der Waals surface area contributed by atoms with Gasteiger partial charge in [0.2, 0.25) is 0 Å². The van der Waals surface area contributed by atoms with Crippen LogP contribution >= 0.6 is 59.8 Å². The van der Waals surface area contributed by atoms with E-state index in [-0.39, 0.29) is 181 Å². The summed E-state index contributed by atoms with van der Waals surface area (Å²) in [7, 11) is 4.94. The summed E-state index contributed by atoms with van der Waals surface area (Å²) in [6.07, 6.45) is 34.0. The monoisotopic (exact) mass is 2320 g/mol. The largest absolute Gasteiger partial charge is 2.00 e. The Kier molecular flexibility index (Phi) is 72.8. The van der Waals surface area contributed by atoms with Crippen LogP contribution in [0, 0.1) is 84.6 Å². The number of carbonyl (C=O) groups excluding carboxylic acids is 2. The number of aliphatic hydroxyl groups excluding tert-OH is 2. The van der Waals surface area contributed by atoms with Crippen molar-refractivity contribution in [2.75, 3.05) is 114 Å². The molecule has 16 rings (SSSR count). The van der Waals surface area contributed by atoms with Crippen LogP contribution < -0.4 is 52.3 Å². The van der Waals surface area contributed by atoms with Crippen molar-refractivity contribution >= 4 is 106 Å². The van der Waals surface area contributed by atoms with Gasteiger partial charge < -0.3 is 47.9 Å². The summed E-state index contributed by atoms with van der Waals surface area (Å²) < 4.78 is 97.7. The molecule has 9 fully saturated rings. The molecule has 0 radical (unpaired) electrons. The molecule has 0 spiro atoms. The average molecular weight is 2320 g/mol. The van der Waals surface area contributed by atoms with Crippen LogP contribution in [0.25, 0.3) is 0 Å². The number of methoxy groups -OCH3 is 2. The van der Waals surface area contributed by atoms with E-state index in [1.54, 1.807) is 0 Å². The quantitative estimate of drug-likeness (QED) is 0.00802. The first-order valence-corrected chi connectivity index (χ1v) is 54.4. The molecule has 10 heterocycles. The molecule has 21 nitrogen and oxygen atoms in total. The number of fused-ring (bicyclic) bond motifs is 10. The number of nitriles is 4. The maximum absolute atomic E-state index is 12.6. The Labute approximate surface area is 887 Å². The number of nitrogens with two attached hydrogens (primary N) is 1. The van der Waals surface area contributed by atoms with Gasteiger partial charge >= 0.3 is 64.5 Å². The van der Waals surface area contributed by atoms with E-state index in [9.17, 15) is 50.7 Å². The summed E-state index contributed by atoms with van der Waals surface area (Å²) in [5, 5.41) is 61.0. The third kappa shape index (κ3) is 40.8. The van der Waals surface area contributed by atoms with Crippen molar-refractivity contribution < 1.29 is 126 Å². The van der Waals surface area contributed by atoms with Gasteiger partial charge in [0.25, 0.3) is 0 Å². The van der Waals surface area contributed by atoms with E-state index >= 15 is 0 Å². The molecule has 1 aliphatic carbocycles. The Bertz CT molecular complexity index is 4160. The number of hydrogen-bond donors (Lipinski definition) is 4. The Hall–Kier alpha value is -4.35. The van der Waals surface area contributed by atoms with Crippen LogP contribution in [0.5, 0.6) is 0 Å². The van der Waals surface area contributed by atoms with Gasteiger partial charge in [0.1, 0.15) is 0 Å². The van der Waals surface area contributed by atoms with Gasteiger partial charge in [-0.25, -0.2) is 9.47 Å². The molecule has 11 aliphatic rings. The van der Waals surface area contributed by atoms with Gasteiger partial charge in [-0.2, -0.15) is 57.4 Å². The van der Waals surface area contributed by atoms with Crippen molar-refractivity contribution in [1.82, 2.24) is 24.5 Å². The van der Waals surface area contributed by atoms with Crippen molar-refractivity contribution in [2.24, 2.45) is 35.3 Å². The van der Waals surface area contributed by atoms with E-state index in [0.29, 0.717) is 105 Å². The second-order valence-electron chi connectivity index (χ2n) is 33.2. The summed E-state index contributed by atoms with van der Waals surface area (Å²) in [5.41, 5.74) is 10.8. The zero-order chi connectivity index (χ0) is 95.7. The summed E-state index contributed by atoms with van der Waals surface area (Å²) in [6, 6.07) is 65.5. The predicted octanol–water partition coefficient (Wildman–Crippen LogP) is 13.7. The van der Waals surface area contributed by atoms with Gasteiger partial charge in [0.15, 0.2) is 11.1 Å². The maximum atomic E-state index is 12.6. The first-order valence-electron chi connectivity index (χ1n) is 45.6. The van der Waals surface area contributed by atoms with E-state index in [2.05, 4.69) is 215 Å². The summed E-state index contributed by atoms with van der Waals surface area (Å²) in [4.78, 5) is 36.8. The van der Waals surface area contributed by atoms with E-state index in [1.165, 1.54) is 65.6 Å². The van der Waals surface area contributed by atoms with Gasteiger partial charge in [0, 0.05) is 184 Å².